The number of anilines is 2. The van der Waals surface area contributed by atoms with Crippen molar-refractivity contribution in [3.05, 3.63) is 131 Å². The highest BCUT2D eigenvalue weighted by atomic mass is 32.1. The number of aromatic nitrogens is 4. The van der Waals surface area contributed by atoms with E-state index in [0.29, 0.717) is 27.8 Å². The molecule has 90 heavy (non-hydrogen) atoms. The van der Waals surface area contributed by atoms with Crippen molar-refractivity contribution in [2.45, 2.75) is 160 Å². The maximum Gasteiger partial charge on any atom is 0.247 e. The molecule has 6 aromatic rings. The number of likely N-dealkylation sites (N-methyl/N-ethyl adjacent to an activating group) is 1. The number of carbonyl (C=O) groups excluding carboxylic acids is 6. The van der Waals surface area contributed by atoms with Crippen molar-refractivity contribution >= 4 is 68.5 Å². The average Bonchev–Trinajstić information content (AvgIpc) is 1.86. The Bertz CT molecular complexity index is 3320. The van der Waals surface area contributed by atoms with Gasteiger partial charge in [0.1, 0.15) is 45.6 Å². The predicted molar refractivity (Wildman–Crippen MR) is 347 cm³/mol. The molecule has 4 aliphatic rings. The molecule has 4 fully saturated rings. The summed E-state index contributed by atoms with van der Waals surface area (Å²) in [5.41, 5.74) is 6.00. The smallest absolute Gasteiger partial charge is 0.247 e. The number of benzene rings is 4. The molecule has 21 heteroatoms. The standard InChI is InChI=1S/C69H79N11O8S2/c1-5-44(2)62(81)71-60(52-26-14-8-15-27-52)68(85)79-40-54(38-56(79)64(83)73-66-58(75-77-89-66)50-22-10-6-11-23-50)87-42-48-34-30-46(31-35-48)20-18-19-21-47-32-36-49(37-33-47)43-88-55-39-57(65(84)74-67-59(76-78-90-67)51-24-12-7-13-25-51)80(41-55)69(86)61(53-28-16-9-17-29-53)72-63(82)45(3)70-4/h6-7,10-13,22-25,30-37,44-45,52-57,60-61,70H,5,8-9,14-17,26-29,38-43H2,1-4H3,(H,71,81)(H,72,82)(H,73,83)(H,74,84)/t44-,45+,54+,55+,56+,57?,60+,61?/m1/s1. The van der Waals surface area contributed by atoms with Crippen LogP contribution >= 0.6 is 23.1 Å². The Morgan fingerprint density at radius 3 is 1.38 bits per heavy atom. The van der Waals surface area contributed by atoms with E-state index in [-0.39, 0.29) is 92.3 Å². The second-order valence-corrected chi connectivity index (χ2v) is 25.5. The van der Waals surface area contributed by atoms with E-state index in [1.807, 2.05) is 123 Å². The fraction of sp³-hybridized carbons (Fsp3) is 0.449. The van der Waals surface area contributed by atoms with E-state index in [0.717, 1.165) is 121 Å². The number of hydrogen-bond acceptors (Lipinski definition) is 15. The van der Waals surface area contributed by atoms with Crippen LogP contribution in [-0.4, -0.2) is 127 Å². The van der Waals surface area contributed by atoms with E-state index in [1.165, 1.54) is 0 Å². The summed E-state index contributed by atoms with van der Waals surface area (Å²) in [7, 11) is 1.70. The van der Waals surface area contributed by atoms with E-state index in [4.69, 9.17) is 9.47 Å². The van der Waals surface area contributed by atoms with Crippen LogP contribution in [0.3, 0.4) is 0 Å². The van der Waals surface area contributed by atoms with Gasteiger partial charge in [-0.25, -0.2) is 0 Å². The molecule has 4 heterocycles. The lowest BCUT2D eigenvalue weighted by atomic mass is 9.83. The highest BCUT2D eigenvalue weighted by molar-refractivity contribution is 7.11. The largest absolute Gasteiger partial charge is 0.372 e. The third kappa shape index (κ3) is 16.6. The molecule has 470 valence electrons. The molecule has 2 unspecified atom stereocenters. The first-order chi connectivity index (χ1) is 43.8. The van der Waals surface area contributed by atoms with Gasteiger partial charge >= 0.3 is 0 Å². The van der Waals surface area contributed by atoms with Crippen LogP contribution in [0.5, 0.6) is 0 Å². The average molecular weight is 1250 g/mol. The van der Waals surface area contributed by atoms with Gasteiger partial charge in [0.25, 0.3) is 0 Å². The first kappa shape index (κ1) is 64.8. The van der Waals surface area contributed by atoms with Crippen molar-refractivity contribution in [1.29, 1.82) is 0 Å². The molecule has 6 amide bonds. The monoisotopic (exact) mass is 1250 g/mol. The molecule has 2 aromatic heterocycles. The van der Waals surface area contributed by atoms with Crippen LogP contribution in [0.2, 0.25) is 0 Å². The third-order valence-corrected chi connectivity index (χ3v) is 19.1. The zero-order valence-corrected chi connectivity index (χ0v) is 53.1. The topological polar surface area (TPSA) is 239 Å². The lowest BCUT2D eigenvalue weighted by molar-refractivity contribution is -0.142. The Morgan fingerprint density at radius 1 is 0.567 bits per heavy atom. The van der Waals surface area contributed by atoms with Crippen LogP contribution in [0.4, 0.5) is 10.0 Å². The summed E-state index contributed by atoms with van der Waals surface area (Å²) < 4.78 is 21.2. The number of amides is 6. The first-order valence-corrected chi connectivity index (χ1v) is 33.1. The van der Waals surface area contributed by atoms with Gasteiger partial charge in [0.2, 0.25) is 35.4 Å². The molecule has 2 aliphatic heterocycles. The summed E-state index contributed by atoms with van der Waals surface area (Å²) in [6, 6.07) is 30.5. The molecule has 0 spiro atoms. The van der Waals surface area contributed by atoms with Crippen molar-refractivity contribution in [1.82, 2.24) is 44.9 Å². The summed E-state index contributed by atoms with van der Waals surface area (Å²) in [5, 5.41) is 24.8. The fourth-order valence-electron chi connectivity index (χ4n) is 12.3. The highest BCUT2D eigenvalue weighted by Crippen LogP contribution is 2.36. The first-order valence-electron chi connectivity index (χ1n) is 31.5. The number of ether oxygens (including phenoxy) is 2. The van der Waals surface area contributed by atoms with Crippen molar-refractivity contribution in [3.63, 3.8) is 0 Å². The lowest BCUT2D eigenvalue weighted by Gasteiger charge is -2.35. The van der Waals surface area contributed by atoms with Crippen LogP contribution < -0.4 is 26.6 Å². The molecule has 0 radical (unpaired) electrons. The van der Waals surface area contributed by atoms with E-state index in [2.05, 4.69) is 69.4 Å². The van der Waals surface area contributed by atoms with Crippen LogP contribution in [0.15, 0.2) is 109 Å². The normalized spacial score (nSPS) is 19.9. The summed E-state index contributed by atoms with van der Waals surface area (Å²) in [6.07, 6.45) is 9.51. The minimum atomic E-state index is -0.876. The summed E-state index contributed by atoms with van der Waals surface area (Å²) in [5.74, 6) is 10.1. The number of nitrogens with zero attached hydrogens (tertiary/aromatic N) is 6. The van der Waals surface area contributed by atoms with Crippen molar-refractivity contribution in [2.24, 2.45) is 17.8 Å². The van der Waals surface area contributed by atoms with Gasteiger partial charge in [-0.15, -0.1) is 10.2 Å². The highest BCUT2D eigenvalue weighted by Gasteiger charge is 2.47. The molecule has 2 saturated heterocycles. The van der Waals surface area contributed by atoms with Crippen LogP contribution in [-0.2, 0) is 51.5 Å². The Labute approximate surface area is 534 Å². The number of carbonyl (C=O) groups is 6. The minimum Gasteiger partial charge on any atom is -0.372 e. The second-order valence-electron chi connectivity index (χ2n) is 23.9. The van der Waals surface area contributed by atoms with Gasteiger partial charge in [-0.3, -0.25) is 28.8 Å². The fourth-order valence-corrected chi connectivity index (χ4v) is 13.5. The van der Waals surface area contributed by atoms with Gasteiger partial charge in [0.05, 0.1) is 31.5 Å². The zero-order chi connectivity index (χ0) is 62.9. The summed E-state index contributed by atoms with van der Waals surface area (Å²) in [4.78, 5) is 88.3. The van der Waals surface area contributed by atoms with Gasteiger partial charge in [0, 0.05) is 77.2 Å². The second kappa shape index (κ2) is 31.5. The molecule has 19 nitrogen and oxygen atoms in total. The summed E-state index contributed by atoms with van der Waals surface area (Å²) >= 11 is 2.15. The lowest BCUT2D eigenvalue weighted by Crippen LogP contribution is -2.57. The molecular weight excluding hydrogens is 1170 g/mol. The maximum absolute atomic E-state index is 14.8. The van der Waals surface area contributed by atoms with Gasteiger partial charge < -0.3 is 45.9 Å². The minimum absolute atomic E-state index is 0.0357. The SMILES string of the molecule is CC[C@@H](C)C(=O)N[C@H](C(=O)N1C[C@@H](OCc2ccc(C#CC#Cc3ccc(CO[C@H]4CC(C(=O)Nc5snnc5-c5ccccc5)N(C(=O)C(NC(=O)[C@H](C)NC)C5CCCCC5)C4)cc3)cc2)C[C@H]1C(=O)Nc1snnc1-c1ccccc1)C1CCCCC1. The number of likely N-dealkylation sites (tertiary alicyclic amines) is 2. The van der Waals surface area contributed by atoms with Gasteiger partial charge in [0.15, 0.2) is 0 Å². The van der Waals surface area contributed by atoms with Gasteiger partial charge in [-0.1, -0.05) is 158 Å². The molecule has 8 atom stereocenters. The Balaban J connectivity index is 0.757. The third-order valence-electron chi connectivity index (χ3n) is 17.9. The number of rotatable bonds is 22. The summed E-state index contributed by atoms with van der Waals surface area (Å²) in [6.45, 7) is 6.39. The predicted octanol–water partition coefficient (Wildman–Crippen LogP) is 9.16. The molecule has 5 N–H and O–H groups in total. The molecular formula is C69H79N11O8S2. The quantitative estimate of drug-likeness (QED) is 0.0399. The van der Waals surface area contributed by atoms with Crippen LogP contribution in [0.1, 0.15) is 126 Å². The molecule has 0 bridgehead atoms. The van der Waals surface area contributed by atoms with Gasteiger partial charge in [-0.2, -0.15) is 0 Å². The van der Waals surface area contributed by atoms with E-state index >= 15 is 0 Å². The van der Waals surface area contributed by atoms with Crippen molar-refractivity contribution in [3.8, 4) is 46.2 Å². The Kier molecular flexibility index (Phi) is 22.7. The van der Waals surface area contributed by atoms with Gasteiger partial charge in [-0.05, 0) is 105 Å². The molecule has 2 aliphatic carbocycles. The van der Waals surface area contributed by atoms with Crippen LogP contribution in [0, 0.1) is 41.4 Å². The van der Waals surface area contributed by atoms with Crippen molar-refractivity contribution in [2.75, 3.05) is 30.8 Å². The molecule has 4 aromatic carbocycles. The van der Waals surface area contributed by atoms with E-state index < -0.39 is 42.4 Å². The molecule has 2 saturated carbocycles. The number of nitrogens with one attached hydrogen (secondary N) is 5. The van der Waals surface area contributed by atoms with Crippen LogP contribution in [0.25, 0.3) is 22.5 Å². The Morgan fingerprint density at radius 2 is 0.978 bits per heavy atom. The molecule has 10 rings (SSSR count). The van der Waals surface area contributed by atoms with E-state index in [1.54, 1.807) is 23.8 Å². The Hall–Kier alpha value is -8.18. The zero-order valence-electron chi connectivity index (χ0n) is 51.5. The van der Waals surface area contributed by atoms with E-state index in [9.17, 15) is 28.8 Å². The van der Waals surface area contributed by atoms with Crippen molar-refractivity contribution < 1.29 is 38.2 Å². The maximum atomic E-state index is 14.8. The number of hydrogen-bond donors (Lipinski definition) is 5.